The van der Waals surface area contributed by atoms with Gasteiger partial charge >= 0.3 is 12.3 Å². The van der Waals surface area contributed by atoms with Crippen LogP contribution in [0, 0.1) is 0 Å². The molecule has 0 unspecified atom stereocenters. The summed E-state index contributed by atoms with van der Waals surface area (Å²) in [4.78, 5) is 11.7. The summed E-state index contributed by atoms with van der Waals surface area (Å²) in [5, 5.41) is 0. The molecule has 0 atom stereocenters. The lowest BCUT2D eigenvalue weighted by Crippen LogP contribution is -2.19. The van der Waals surface area contributed by atoms with Gasteiger partial charge in [-0.15, -0.1) is 13.2 Å². The first kappa shape index (κ1) is 15.1. The number of alkyl halides is 3. The molecule has 0 fully saturated rings. The van der Waals surface area contributed by atoms with Gasteiger partial charge in [-0.1, -0.05) is 6.07 Å². The third-order valence-electron chi connectivity index (χ3n) is 2.06. The highest BCUT2D eigenvalue weighted by molar-refractivity contribution is 5.98. The molecule has 19 heavy (non-hydrogen) atoms. The summed E-state index contributed by atoms with van der Waals surface area (Å²) in [6, 6.07) is 4.50. The van der Waals surface area contributed by atoms with Crippen molar-refractivity contribution in [1.29, 1.82) is 0 Å². The smallest absolute Gasteiger partial charge is 0.496 e. The monoisotopic (exact) mass is 279 g/mol. The van der Waals surface area contributed by atoms with Gasteiger partial charge in [0, 0.05) is 5.69 Å². The highest BCUT2D eigenvalue weighted by Gasteiger charge is 2.29. The molecule has 0 aromatic heterocycles. The Bertz CT molecular complexity index is 448. The van der Waals surface area contributed by atoms with E-state index in [0.29, 0.717) is 0 Å². The van der Waals surface area contributed by atoms with Gasteiger partial charge in [-0.3, -0.25) is 4.74 Å². The molecule has 1 rings (SSSR count). The largest absolute Gasteiger partial charge is 0.522 e. The fourth-order valence-corrected chi connectivity index (χ4v) is 1.30. The minimum absolute atomic E-state index is 0.0305. The number of hydrogen-bond donors (Lipinski definition) is 1. The topological polar surface area (TPSA) is 70.8 Å². The van der Waals surface area contributed by atoms with Crippen LogP contribution in [-0.4, -0.2) is 32.7 Å². The van der Waals surface area contributed by atoms with Gasteiger partial charge in [-0.25, -0.2) is 4.79 Å². The summed E-state index contributed by atoms with van der Waals surface area (Å²) in [7, 11) is 1.33. The number of methoxy groups -OCH3 is 1. The summed E-state index contributed by atoms with van der Waals surface area (Å²) >= 11 is 0. The maximum atomic E-state index is 11.7. The standard InChI is InChI=1S/C11H12F3NO4/c1-17-8-4-2-3-7(15)9(8)10(16)18-5-6-19-11(12,13)14/h2-4H,5-6,15H2,1H3. The molecule has 0 saturated carbocycles. The molecule has 0 radical (unpaired) electrons. The van der Waals surface area contributed by atoms with E-state index in [1.165, 1.54) is 19.2 Å². The molecule has 2 N–H and O–H groups in total. The number of esters is 1. The van der Waals surface area contributed by atoms with Gasteiger partial charge in [-0.05, 0) is 12.1 Å². The Labute approximate surface area is 107 Å². The average Bonchev–Trinajstić information content (AvgIpc) is 2.32. The molecule has 0 heterocycles. The predicted molar refractivity (Wildman–Crippen MR) is 59.7 cm³/mol. The molecule has 0 aliphatic rings. The van der Waals surface area contributed by atoms with Crippen molar-refractivity contribution in [2.75, 3.05) is 26.1 Å². The molecule has 0 aliphatic carbocycles. The number of carbonyl (C=O) groups is 1. The number of nitrogens with two attached hydrogens (primary N) is 1. The molecular formula is C11H12F3NO4. The molecule has 8 heteroatoms. The van der Waals surface area contributed by atoms with Crippen molar-refractivity contribution in [2.45, 2.75) is 6.36 Å². The zero-order valence-corrected chi connectivity index (χ0v) is 9.99. The Hall–Kier alpha value is -1.96. The van der Waals surface area contributed by atoms with E-state index in [-0.39, 0.29) is 17.0 Å². The second-order valence-corrected chi connectivity index (χ2v) is 3.35. The lowest BCUT2D eigenvalue weighted by molar-refractivity contribution is -0.326. The van der Waals surface area contributed by atoms with E-state index in [4.69, 9.17) is 10.5 Å². The van der Waals surface area contributed by atoms with Crippen molar-refractivity contribution in [3.63, 3.8) is 0 Å². The third-order valence-corrected chi connectivity index (χ3v) is 2.06. The molecule has 5 nitrogen and oxygen atoms in total. The van der Waals surface area contributed by atoms with Crippen molar-refractivity contribution in [3.05, 3.63) is 23.8 Å². The minimum atomic E-state index is -4.75. The number of halogens is 3. The van der Waals surface area contributed by atoms with Crippen molar-refractivity contribution in [3.8, 4) is 5.75 Å². The Morgan fingerprint density at radius 3 is 2.58 bits per heavy atom. The molecule has 1 aromatic carbocycles. The fourth-order valence-electron chi connectivity index (χ4n) is 1.30. The first-order valence-corrected chi connectivity index (χ1v) is 5.15. The molecule has 0 bridgehead atoms. The van der Waals surface area contributed by atoms with Crippen molar-refractivity contribution in [2.24, 2.45) is 0 Å². The zero-order chi connectivity index (χ0) is 14.5. The Kier molecular flexibility index (Phi) is 4.99. The number of rotatable bonds is 5. The van der Waals surface area contributed by atoms with Gasteiger partial charge < -0.3 is 15.2 Å². The number of hydrogen-bond acceptors (Lipinski definition) is 5. The van der Waals surface area contributed by atoms with E-state index in [9.17, 15) is 18.0 Å². The molecule has 1 aromatic rings. The number of ether oxygens (including phenoxy) is 3. The zero-order valence-electron chi connectivity index (χ0n) is 9.99. The van der Waals surface area contributed by atoms with Crippen molar-refractivity contribution in [1.82, 2.24) is 0 Å². The highest BCUT2D eigenvalue weighted by atomic mass is 19.4. The molecule has 0 saturated heterocycles. The van der Waals surface area contributed by atoms with Gasteiger partial charge in [-0.2, -0.15) is 0 Å². The van der Waals surface area contributed by atoms with Crippen molar-refractivity contribution < 1.29 is 32.2 Å². The molecular weight excluding hydrogens is 267 g/mol. The van der Waals surface area contributed by atoms with Gasteiger partial charge in [0.1, 0.15) is 17.9 Å². The van der Waals surface area contributed by atoms with Gasteiger partial charge in [0.25, 0.3) is 0 Å². The molecule has 106 valence electrons. The van der Waals surface area contributed by atoms with E-state index in [1.807, 2.05) is 0 Å². The fraction of sp³-hybridized carbons (Fsp3) is 0.364. The lowest BCUT2D eigenvalue weighted by atomic mass is 10.1. The summed E-state index contributed by atoms with van der Waals surface area (Å²) < 4.78 is 48.1. The molecule has 0 amide bonds. The van der Waals surface area contributed by atoms with Crippen LogP contribution in [0.2, 0.25) is 0 Å². The summed E-state index contributed by atoms with van der Waals surface area (Å²) in [6.07, 6.45) is -4.75. The van der Waals surface area contributed by atoms with E-state index >= 15 is 0 Å². The van der Waals surface area contributed by atoms with Crippen LogP contribution in [-0.2, 0) is 9.47 Å². The first-order chi connectivity index (χ1) is 8.85. The Balaban J connectivity index is 2.59. The van der Waals surface area contributed by atoms with Crippen LogP contribution in [0.15, 0.2) is 18.2 Å². The summed E-state index contributed by atoms with van der Waals surface area (Å²) in [5.41, 5.74) is 5.66. The van der Waals surface area contributed by atoms with Gasteiger partial charge in [0.15, 0.2) is 0 Å². The van der Waals surface area contributed by atoms with E-state index in [0.717, 1.165) is 0 Å². The third kappa shape index (κ3) is 4.66. The van der Waals surface area contributed by atoms with Gasteiger partial charge in [0.2, 0.25) is 0 Å². The first-order valence-electron chi connectivity index (χ1n) is 5.15. The van der Waals surface area contributed by atoms with E-state index in [2.05, 4.69) is 9.47 Å². The molecule has 0 spiro atoms. The second kappa shape index (κ2) is 6.28. The van der Waals surface area contributed by atoms with Crippen LogP contribution in [0.1, 0.15) is 10.4 Å². The van der Waals surface area contributed by atoms with Crippen LogP contribution < -0.4 is 10.5 Å². The van der Waals surface area contributed by atoms with E-state index in [1.54, 1.807) is 6.07 Å². The number of nitrogen functional groups attached to an aromatic ring is 1. The Morgan fingerprint density at radius 1 is 1.32 bits per heavy atom. The summed E-state index contributed by atoms with van der Waals surface area (Å²) in [6.45, 7) is -1.33. The minimum Gasteiger partial charge on any atom is -0.496 e. The SMILES string of the molecule is COc1cccc(N)c1C(=O)OCCOC(F)(F)F. The normalized spacial score (nSPS) is 11.2. The van der Waals surface area contributed by atoms with Crippen molar-refractivity contribution >= 4 is 11.7 Å². The number of benzene rings is 1. The van der Waals surface area contributed by atoms with Crippen LogP contribution in [0.5, 0.6) is 5.75 Å². The maximum Gasteiger partial charge on any atom is 0.522 e. The second-order valence-electron chi connectivity index (χ2n) is 3.35. The van der Waals surface area contributed by atoms with Gasteiger partial charge in [0.05, 0.1) is 13.7 Å². The number of carbonyl (C=O) groups excluding carboxylic acids is 1. The summed E-state index contributed by atoms with van der Waals surface area (Å²) in [5.74, 6) is -0.692. The van der Waals surface area contributed by atoms with Crippen LogP contribution >= 0.6 is 0 Å². The average molecular weight is 279 g/mol. The van der Waals surface area contributed by atoms with Crippen LogP contribution in [0.25, 0.3) is 0 Å². The Morgan fingerprint density at radius 2 is 2.00 bits per heavy atom. The lowest BCUT2D eigenvalue weighted by Gasteiger charge is -2.11. The van der Waals surface area contributed by atoms with Crippen LogP contribution in [0.3, 0.4) is 0 Å². The maximum absolute atomic E-state index is 11.7. The number of anilines is 1. The van der Waals surface area contributed by atoms with E-state index < -0.39 is 25.5 Å². The quantitative estimate of drug-likeness (QED) is 0.507. The molecule has 0 aliphatic heterocycles. The highest BCUT2D eigenvalue weighted by Crippen LogP contribution is 2.24. The van der Waals surface area contributed by atoms with Crippen LogP contribution in [0.4, 0.5) is 18.9 Å². The predicted octanol–water partition coefficient (Wildman–Crippen LogP) is 1.97.